The van der Waals surface area contributed by atoms with E-state index >= 15 is 0 Å². The lowest BCUT2D eigenvalue weighted by Gasteiger charge is -2.29. The zero-order valence-corrected chi connectivity index (χ0v) is 8.28. The molecule has 1 aliphatic heterocycles. The molecule has 4 heteroatoms. The molecule has 0 radical (unpaired) electrons. The number of methoxy groups -OCH3 is 2. The Labute approximate surface area is 78.8 Å². The summed E-state index contributed by atoms with van der Waals surface area (Å²) in [7, 11) is 2.96. The second-order valence-corrected chi connectivity index (χ2v) is 3.19. The van der Waals surface area contributed by atoms with Gasteiger partial charge in [0.1, 0.15) is 0 Å². The number of likely N-dealkylation sites (tertiary alicyclic amines) is 1. The third kappa shape index (κ3) is 2.67. The molecular formula is C9H17NO3. The van der Waals surface area contributed by atoms with Crippen LogP contribution in [0, 0.1) is 0 Å². The van der Waals surface area contributed by atoms with Crippen molar-refractivity contribution in [2.24, 2.45) is 0 Å². The molecule has 0 atom stereocenters. The first kappa shape index (κ1) is 10.5. The zero-order valence-electron chi connectivity index (χ0n) is 8.28. The molecule has 0 bridgehead atoms. The lowest BCUT2D eigenvalue weighted by atomic mass is 10.1. The highest BCUT2D eigenvalue weighted by Gasteiger charge is 2.24. The van der Waals surface area contributed by atoms with Gasteiger partial charge in [-0.1, -0.05) is 0 Å². The van der Waals surface area contributed by atoms with Gasteiger partial charge in [0.15, 0.2) is 0 Å². The molecule has 0 saturated carbocycles. The molecule has 1 saturated heterocycles. The lowest BCUT2D eigenvalue weighted by Crippen LogP contribution is -2.43. The van der Waals surface area contributed by atoms with E-state index in [1.54, 1.807) is 4.90 Å². The summed E-state index contributed by atoms with van der Waals surface area (Å²) in [5.41, 5.74) is 0. The van der Waals surface area contributed by atoms with Crippen LogP contribution in [0.5, 0.6) is 0 Å². The quantitative estimate of drug-likeness (QED) is 0.608. The van der Waals surface area contributed by atoms with Gasteiger partial charge < -0.3 is 14.4 Å². The molecule has 0 aliphatic carbocycles. The minimum absolute atomic E-state index is 0.0512. The van der Waals surface area contributed by atoms with Gasteiger partial charge in [0.2, 0.25) is 6.29 Å². The molecule has 0 unspecified atom stereocenters. The highest BCUT2D eigenvalue weighted by atomic mass is 16.7. The second-order valence-electron chi connectivity index (χ2n) is 3.19. The van der Waals surface area contributed by atoms with Gasteiger partial charge in [0.25, 0.3) is 5.91 Å². The van der Waals surface area contributed by atoms with E-state index in [0.29, 0.717) is 0 Å². The Balaban J connectivity index is 2.44. The maximum Gasteiger partial charge on any atom is 0.279 e. The van der Waals surface area contributed by atoms with Crippen molar-refractivity contribution in [3.63, 3.8) is 0 Å². The third-order valence-corrected chi connectivity index (χ3v) is 2.30. The van der Waals surface area contributed by atoms with Crippen molar-refractivity contribution in [3.8, 4) is 0 Å². The van der Waals surface area contributed by atoms with Crippen LogP contribution in [0.1, 0.15) is 19.3 Å². The molecule has 1 aliphatic rings. The summed E-state index contributed by atoms with van der Waals surface area (Å²) in [6, 6.07) is 0. The number of carbonyl (C=O) groups excluding carboxylic acids is 1. The smallest absolute Gasteiger partial charge is 0.279 e. The van der Waals surface area contributed by atoms with Crippen LogP contribution in [-0.2, 0) is 14.3 Å². The van der Waals surface area contributed by atoms with Crippen LogP contribution < -0.4 is 0 Å². The Morgan fingerprint density at radius 2 is 1.69 bits per heavy atom. The number of hydrogen-bond donors (Lipinski definition) is 0. The van der Waals surface area contributed by atoms with Gasteiger partial charge in [0.05, 0.1) is 0 Å². The zero-order chi connectivity index (χ0) is 9.68. The molecule has 0 aromatic heterocycles. The first-order chi connectivity index (χ1) is 6.29. The molecule has 0 spiro atoms. The van der Waals surface area contributed by atoms with Gasteiger partial charge in [-0.15, -0.1) is 0 Å². The average Bonchev–Trinajstić information content (AvgIpc) is 2.21. The Morgan fingerprint density at radius 3 is 2.15 bits per heavy atom. The van der Waals surface area contributed by atoms with Gasteiger partial charge in [-0.25, -0.2) is 0 Å². The van der Waals surface area contributed by atoms with Crippen molar-refractivity contribution in [1.29, 1.82) is 0 Å². The van der Waals surface area contributed by atoms with Crippen molar-refractivity contribution in [1.82, 2.24) is 4.90 Å². The minimum Gasteiger partial charge on any atom is -0.348 e. The monoisotopic (exact) mass is 187 g/mol. The van der Waals surface area contributed by atoms with E-state index in [2.05, 4.69) is 0 Å². The Kier molecular flexibility index (Phi) is 4.18. The van der Waals surface area contributed by atoms with E-state index in [1.807, 2.05) is 0 Å². The largest absolute Gasteiger partial charge is 0.348 e. The van der Waals surface area contributed by atoms with E-state index in [0.717, 1.165) is 25.9 Å². The Bertz CT molecular complexity index is 162. The van der Waals surface area contributed by atoms with Crippen LogP contribution in [0.3, 0.4) is 0 Å². The molecule has 1 fully saturated rings. The van der Waals surface area contributed by atoms with E-state index in [9.17, 15) is 4.79 Å². The van der Waals surface area contributed by atoms with Crippen LogP contribution in [-0.4, -0.2) is 44.4 Å². The normalized spacial score (nSPS) is 17.9. The Hall–Kier alpha value is -0.610. The van der Waals surface area contributed by atoms with Gasteiger partial charge in [-0.05, 0) is 19.3 Å². The molecule has 76 valence electrons. The summed E-state index contributed by atoms with van der Waals surface area (Å²) < 4.78 is 9.80. The number of rotatable bonds is 3. The summed E-state index contributed by atoms with van der Waals surface area (Å²) in [6.07, 6.45) is 2.67. The first-order valence-electron chi connectivity index (χ1n) is 4.64. The number of nitrogens with zero attached hydrogens (tertiary/aromatic N) is 1. The number of piperidine rings is 1. The van der Waals surface area contributed by atoms with Crippen molar-refractivity contribution in [2.75, 3.05) is 27.3 Å². The van der Waals surface area contributed by atoms with Crippen LogP contribution in [0.25, 0.3) is 0 Å². The molecule has 1 rings (SSSR count). The topological polar surface area (TPSA) is 38.8 Å². The SMILES string of the molecule is COC(OC)C(=O)N1CCCCC1. The van der Waals surface area contributed by atoms with E-state index in [4.69, 9.17) is 9.47 Å². The van der Waals surface area contributed by atoms with Gasteiger partial charge in [0, 0.05) is 27.3 Å². The fraction of sp³-hybridized carbons (Fsp3) is 0.889. The highest BCUT2D eigenvalue weighted by molar-refractivity contribution is 5.79. The summed E-state index contributed by atoms with van der Waals surface area (Å²) in [5, 5.41) is 0. The molecule has 13 heavy (non-hydrogen) atoms. The summed E-state index contributed by atoms with van der Waals surface area (Å²) >= 11 is 0. The molecule has 0 N–H and O–H groups in total. The van der Waals surface area contributed by atoms with Crippen LogP contribution in [0.2, 0.25) is 0 Å². The van der Waals surface area contributed by atoms with Crippen molar-refractivity contribution < 1.29 is 14.3 Å². The molecule has 0 aromatic carbocycles. The van der Waals surface area contributed by atoms with Gasteiger partial charge in [-0.3, -0.25) is 4.79 Å². The molecule has 4 nitrogen and oxygen atoms in total. The van der Waals surface area contributed by atoms with Crippen molar-refractivity contribution >= 4 is 5.91 Å². The van der Waals surface area contributed by atoms with Crippen LogP contribution in [0.15, 0.2) is 0 Å². The average molecular weight is 187 g/mol. The van der Waals surface area contributed by atoms with E-state index in [1.165, 1.54) is 20.6 Å². The number of ether oxygens (including phenoxy) is 2. The van der Waals surface area contributed by atoms with Crippen LogP contribution >= 0.6 is 0 Å². The predicted molar refractivity (Wildman–Crippen MR) is 48.2 cm³/mol. The lowest BCUT2D eigenvalue weighted by molar-refractivity contribution is -0.171. The molecule has 1 amide bonds. The van der Waals surface area contributed by atoms with Gasteiger partial charge in [-0.2, -0.15) is 0 Å². The molecular weight excluding hydrogens is 170 g/mol. The summed E-state index contributed by atoms with van der Waals surface area (Å²) in [4.78, 5) is 13.4. The van der Waals surface area contributed by atoms with Crippen molar-refractivity contribution in [2.45, 2.75) is 25.6 Å². The molecule has 0 aromatic rings. The fourth-order valence-corrected chi connectivity index (χ4v) is 1.56. The number of amides is 1. The molecule has 1 heterocycles. The van der Waals surface area contributed by atoms with Gasteiger partial charge >= 0.3 is 0 Å². The number of carbonyl (C=O) groups is 1. The second kappa shape index (κ2) is 5.19. The standard InChI is InChI=1S/C9H17NO3/c1-12-9(13-2)8(11)10-6-4-3-5-7-10/h9H,3-7H2,1-2H3. The summed E-state index contributed by atoms with van der Waals surface area (Å²) in [5.74, 6) is -0.0512. The number of hydrogen-bond acceptors (Lipinski definition) is 3. The predicted octanol–water partition coefficient (Wildman–Crippen LogP) is 0.618. The highest BCUT2D eigenvalue weighted by Crippen LogP contribution is 2.10. The fourth-order valence-electron chi connectivity index (χ4n) is 1.56. The van der Waals surface area contributed by atoms with Crippen LogP contribution in [0.4, 0.5) is 0 Å². The third-order valence-electron chi connectivity index (χ3n) is 2.30. The van der Waals surface area contributed by atoms with Crippen molar-refractivity contribution in [3.05, 3.63) is 0 Å². The van der Waals surface area contributed by atoms with E-state index in [-0.39, 0.29) is 5.91 Å². The maximum absolute atomic E-state index is 11.6. The maximum atomic E-state index is 11.6. The first-order valence-corrected chi connectivity index (χ1v) is 4.64. The van der Waals surface area contributed by atoms with E-state index < -0.39 is 6.29 Å². The minimum atomic E-state index is -0.724. The summed E-state index contributed by atoms with van der Waals surface area (Å²) in [6.45, 7) is 1.67. The Morgan fingerprint density at radius 1 is 1.15 bits per heavy atom.